The number of halogens is 2. The zero-order valence-corrected chi connectivity index (χ0v) is 17.4. The predicted octanol–water partition coefficient (Wildman–Crippen LogP) is 4.21. The molecule has 0 saturated heterocycles. The number of aromatic nitrogens is 2. The van der Waals surface area contributed by atoms with Crippen LogP contribution in [0.15, 0.2) is 47.4 Å². The molecule has 0 atom stereocenters. The lowest BCUT2D eigenvalue weighted by molar-refractivity contribution is 0.402. The maximum Gasteiger partial charge on any atom is 0.316 e. The molecule has 0 bridgehead atoms. The number of methoxy groups -OCH3 is 1. The molecule has 0 fully saturated rings. The summed E-state index contributed by atoms with van der Waals surface area (Å²) in [6.45, 7) is 2.31. The lowest BCUT2D eigenvalue weighted by Gasteiger charge is -2.20. The fourth-order valence-corrected chi connectivity index (χ4v) is 3.24. The van der Waals surface area contributed by atoms with Crippen LogP contribution in [0.3, 0.4) is 0 Å². The molecule has 3 rings (SSSR count). The lowest BCUT2D eigenvalue weighted by atomic mass is 10.1. The Morgan fingerprint density at radius 2 is 2.03 bits per heavy atom. The second kappa shape index (κ2) is 8.53. The van der Waals surface area contributed by atoms with Crippen LogP contribution in [0.25, 0.3) is 0 Å². The molecule has 6 nitrogen and oxygen atoms in total. The number of benzene rings is 2. The molecular weight excluding hydrogens is 395 g/mol. The van der Waals surface area contributed by atoms with E-state index >= 15 is 0 Å². The van der Waals surface area contributed by atoms with Crippen molar-refractivity contribution in [1.29, 1.82) is 0 Å². The maximum atomic E-state index is 13.5. The summed E-state index contributed by atoms with van der Waals surface area (Å²) in [6.07, 6.45) is 1.57. The van der Waals surface area contributed by atoms with Crippen LogP contribution < -0.4 is 20.5 Å². The molecule has 0 aliphatic rings. The van der Waals surface area contributed by atoms with Gasteiger partial charge in [-0.05, 0) is 42.3 Å². The predicted molar refractivity (Wildman–Crippen MR) is 114 cm³/mol. The van der Waals surface area contributed by atoms with Crippen LogP contribution >= 0.6 is 11.6 Å². The Kier molecular flexibility index (Phi) is 6.08. The minimum Gasteiger partial charge on any atom is -0.490 e. The van der Waals surface area contributed by atoms with E-state index in [1.165, 1.54) is 13.2 Å². The van der Waals surface area contributed by atoms with Crippen LogP contribution in [0.5, 0.6) is 5.75 Å². The van der Waals surface area contributed by atoms with Crippen LogP contribution in [-0.2, 0) is 6.54 Å². The number of rotatable bonds is 6. The molecule has 1 N–H and O–H groups in total. The third kappa shape index (κ3) is 4.51. The minimum atomic E-state index is -0.486. The molecule has 3 aromatic rings. The van der Waals surface area contributed by atoms with E-state index in [9.17, 15) is 9.18 Å². The molecule has 0 aliphatic carbocycles. The Labute approximate surface area is 173 Å². The number of hydrogen-bond donors (Lipinski definition) is 1. The third-order valence-electron chi connectivity index (χ3n) is 4.55. The standard InChI is InChI=1S/C21H22ClFN4O2/c1-13-17(6-5-7-18(13)26(2)3)24-21-25-20(28)19(29-4)12-27(21)11-14-8-9-16(23)15(22)10-14/h5-10,12H,11H2,1-4H3,(H,24,25,28). The van der Waals surface area contributed by atoms with Gasteiger partial charge in [-0.15, -0.1) is 0 Å². The average Bonchev–Trinajstić information content (AvgIpc) is 2.68. The lowest BCUT2D eigenvalue weighted by Crippen LogP contribution is -2.19. The van der Waals surface area contributed by atoms with Crippen molar-refractivity contribution in [3.05, 3.63) is 74.9 Å². The van der Waals surface area contributed by atoms with E-state index in [2.05, 4.69) is 10.3 Å². The first-order valence-corrected chi connectivity index (χ1v) is 9.31. The van der Waals surface area contributed by atoms with Crippen molar-refractivity contribution in [3.63, 3.8) is 0 Å². The van der Waals surface area contributed by atoms with Crippen molar-refractivity contribution < 1.29 is 9.13 Å². The summed E-state index contributed by atoms with van der Waals surface area (Å²) in [6, 6.07) is 10.3. The summed E-state index contributed by atoms with van der Waals surface area (Å²) in [7, 11) is 5.34. The topological polar surface area (TPSA) is 59.4 Å². The quantitative estimate of drug-likeness (QED) is 0.652. The zero-order valence-electron chi connectivity index (χ0n) is 16.7. The Morgan fingerprint density at radius 1 is 1.28 bits per heavy atom. The molecule has 0 radical (unpaired) electrons. The second-order valence-electron chi connectivity index (χ2n) is 6.78. The van der Waals surface area contributed by atoms with Crippen molar-refractivity contribution in [1.82, 2.24) is 9.55 Å². The van der Waals surface area contributed by atoms with E-state index in [1.54, 1.807) is 22.9 Å². The molecule has 152 valence electrons. The van der Waals surface area contributed by atoms with Crippen molar-refractivity contribution in [2.45, 2.75) is 13.5 Å². The van der Waals surface area contributed by atoms with E-state index in [1.807, 2.05) is 44.1 Å². The number of ether oxygens (including phenoxy) is 1. The highest BCUT2D eigenvalue weighted by Crippen LogP contribution is 2.28. The van der Waals surface area contributed by atoms with Gasteiger partial charge < -0.3 is 19.5 Å². The SMILES string of the molecule is COc1cn(Cc2ccc(F)c(Cl)c2)c(Nc2cccc(N(C)C)c2C)nc1=O. The van der Waals surface area contributed by atoms with Gasteiger partial charge in [0.15, 0.2) is 0 Å². The number of hydrogen-bond acceptors (Lipinski definition) is 5. The van der Waals surface area contributed by atoms with Gasteiger partial charge >= 0.3 is 5.56 Å². The summed E-state index contributed by atoms with van der Waals surface area (Å²) in [5.74, 6) is -0.0294. The fraction of sp³-hybridized carbons (Fsp3) is 0.238. The number of nitrogens with one attached hydrogen (secondary N) is 1. The van der Waals surface area contributed by atoms with Crippen molar-refractivity contribution >= 4 is 28.9 Å². The highest BCUT2D eigenvalue weighted by atomic mass is 35.5. The number of nitrogens with zero attached hydrogens (tertiary/aromatic N) is 3. The van der Waals surface area contributed by atoms with E-state index < -0.39 is 11.4 Å². The van der Waals surface area contributed by atoms with Gasteiger partial charge in [0.05, 0.1) is 24.9 Å². The largest absolute Gasteiger partial charge is 0.490 e. The first-order chi connectivity index (χ1) is 13.8. The van der Waals surface area contributed by atoms with E-state index in [4.69, 9.17) is 16.3 Å². The van der Waals surface area contributed by atoms with Gasteiger partial charge in [-0.2, -0.15) is 4.98 Å². The minimum absolute atomic E-state index is 0.0347. The smallest absolute Gasteiger partial charge is 0.316 e. The zero-order chi connectivity index (χ0) is 21.1. The van der Waals surface area contributed by atoms with Crippen LogP contribution in [0, 0.1) is 12.7 Å². The highest BCUT2D eigenvalue weighted by Gasteiger charge is 2.13. The normalized spacial score (nSPS) is 10.7. The van der Waals surface area contributed by atoms with E-state index in [-0.39, 0.29) is 10.8 Å². The third-order valence-corrected chi connectivity index (χ3v) is 4.84. The first-order valence-electron chi connectivity index (χ1n) is 8.93. The highest BCUT2D eigenvalue weighted by molar-refractivity contribution is 6.30. The molecule has 0 aliphatic heterocycles. The summed E-state index contributed by atoms with van der Waals surface area (Å²) in [4.78, 5) is 18.4. The molecule has 1 aromatic heterocycles. The Balaban J connectivity index is 2.04. The Morgan fingerprint density at radius 3 is 2.69 bits per heavy atom. The second-order valence-corrected chi connectivity index (χ2v) is 7.19. The molecule has 0 unspecified atom stereocenters. The van der Waals surface area contributed by atoms with E-state index in [0.717, 1.165) is 22.5 Å². The van der Waals surface area contributed by atoms with E-state index in [0.29, 0.717) is 12.5 Å². The molecule has 0 saturated carbocycles. The Bertz CT molecular complexity index is 1100. The van der Waals surface area contributed by atoms with Gasteiger partial charge in [0, 0.05) is 25.5 Å². The molecule has 29 heavy (non-hydrogen) atoms. The molecule has 0 spiro atoms. The van der Waals surface area contributed by atoms with Gasteiger partial charge in [0.25, 0.3) is 0 Å². The molecular formula is C21H22ClFN4O2. The summed E-state index contributed by atoms with van der Waals surface area (Å²) < 4.78 is 20.4. The van der Waals surface area contributed by atoms with Crippen LogP contribution in [0.2, 0.25) is 5.02 Å². The first kappa shape index (κ1) is 20.7. The van der Waals surface area contributed by atoms with Gasteiger partial charge in [0.1, 0.15) is 5.82 Å². The maximum absolute atomic E-state index is 13.5. The summed E-state index contributed by atoms with van der Waals surface area (Å²) in [5, 5.41) is 3.27. The van der Waals surface area contributed by atoms with Crippen LogP contribution in [0.1, 0.15) is 11.1 Å². The summed E-state index contributed by atoms with van der Waals surface area (Å²) in [5.41, 5.74) is 3.15. The van der Waals surface area contributed by atoms with Crippen molar-refractivity contribution in [3.8, 4) is 5.75 Å². The van der Waals surface area contributed by atoms with Gasteiger partial charge in [-0.1, -0.05) is 23.7 Å². The monoisotopic (exact) mass is 416 g/mol. The van der Waals surface area contributed by atoms with Crippen molar-refractivity contribution in [2.24, 2.45) is 0 Å². The van der Waals surface area contributed by atoms with Gasteiger partial charge in [0.2, 0.25) is 11.7 Å². The molecule has 0 amide bonds. The Hall–Kier alpha value is -3.06. The summed E-state index contributed by atoms with van der Waals surface area (Å²) >= 11 is 5.91. The van der Waals surface area contributed by atoms with Crippen LogP contribution in [0.4, 0.5) is 21.7 Å². The number of anilines is 3. The van der Waals surface area contributed by atoms with Gasteiger partial charge in [-0.25, -0.2) is 4.39 Å². The van der Waals surface area contributed by atoms with Crippen LogP contribution in [-0.4, -0.2) is 30.8 Å². The van der Waals surface area contributed by atoms with Crippen molar-refractivity contribution in [2.75, 3.05) is 31.4 Å². The molecule has 1 heterocycles. The average molecular weight is 417 g/mol. The fourth-order valence-electron chi connectivity index (χ4n) is 3.03. The molecule has 8 heteroatoms. The van der Waals surface area contributed by atoms with Gasteiger partial charge in [-0.3, -0.25) is 4.79 Å². The molecule has 2 aromatic carbocycles.